The van der Waals surface area contributed by atoms with Crippen molar-refractivity contribution >= 4 is 0 Å². The molecule has 1 N–H and O–H groups in total. The summed E-state index contributed by atoms with van der Waals surface area (Å²) in [6.45, 7) is 3.49. The van der Waals surface area contributed by atoms with Crippen LogP contribution in [0.4, 0.5) is 0 Å². The summed E-state index contributed by atoms with van der Waals surface area (Å²) < 4.78 is 22.6. The van der Waals surface area contributed by atoms with Gasteiger partial charge in [0.1, 0.15) is 6.79 Å². The molecule has 2 aliphatic rings. The maximum atomic E-state index is 10.5. The molecule has 2 aliphatic heterocycles. The Labute approximate surface area is 185 Å². The molecule has 178 valence electrons. The minimum Gasteiger partial charge on any atom is -0.390 e. The SMILES string of the molecule is CCCCCCCCCCCC[C@@H](OCOC)[C@H]1CC[C@H]([C@@H](O)CCC[C@@H]2CO2)O1. The predicted octanol–water partition coefficient (Wildman–Crippen LogP) is 5.76. The van der Waals surface area contributed by atoms with Gasteiger partial charge in [-0.05, 0) is 38.5 Å². The summed E-state index contributed by atoms with van der Waals surface area (Å²) in [6, 6.07) is 0. The highest BCUT2D eigenvalue weighted by Crippen LogP contribution is 2.30. The molecule has 2 fully saturated rings. The molecule has 0 spiro atoms. The fraction of sp³-hybridized carbons (Fsp3) is 1.00. The highest BCUT2D eigenvalue weighted by Gasteiger charge is 2.35. The standard InChI is InChI=1S/C25H48O5/c1-3-4-5-6-7-8-9-10-11-12-16-24(29-20-27-2)25-18-17-23(30-25)22(26)15-13-14-21-19-28-21/h21-26H,3-20H2,1-2H3/t21-,22+,23-,24-,25-/m1/s1. The van der Waals surface area contributed by atoms with Gasteiger partial charge in [-0.3, -0.25) is 0 Å². The van der Waals surface area contributed by atoms with E-state index in [1.54, 1.807) is 7.11 Å². The molecule has 2 saturated heterocycles. The molecular formula is C25H48O5. The Morgan fingerprint density at radius 3 is 2.13 bits per heavy atom. The summed E-state index contributed by atoms with van der Waals surface area (Å²) in [7, 11) is 1.67. The summed E-state index contributed by atoms with van der Waals surface area (Å²) >= 11 is 0. The normalized spacial score (nSPS) is 25.5. The first-order valence-corrected chi connectivity index (χ1v) is 12.8. The first-order valence-electron chi connectivity index (χ1n) is 12.8. The van der Waals surface area contributed by atoms with Crippen molar-refractivity contribution in [1.82, 2.24) is 0 Å². The van der Waals surface area contributed by atoms with Gasteiger partial charge in [-0.15, -0.1) is 0 Å². The van der Waals surface area contributed by atoms with Crippen LogP contribution in [0.3, 0.4) is 0 Å². The van der Waals surface area contributed by atoms with Crippen molar-refractivity contribution < 1.29 is 24.1 Å². The van der Waals surface area contributed by atoms with Gasteiger partial charge in [-0.2, -0.15) is 0 Å². The molecule has 0 radical (unpaired) electrons. The van der Waals surface area contributed by atoms with E-state index < -0.39 is 0 Å². The van der Waals surface area contributed by atoms with Crippen LogP contribution < -0.4 is 0 Å². The minimum atomic E-state index is -0.367. The van der Waals surface area contributed by atoms with Crippen LogP contribution in [-0.2, 0) is 18.9 Å². The summed E-state index contributed by atoms with van der Waals surface area (Å²) in [5, 5.41) is 10.5. The lowest BCUT2D eigenvalue weighted by atomic mass is 10.0. The Kier molecular flexibility index (Phi) is 14.3. The Hall–Kier alpha value is -0.200. The molecule has 5 heteroatoms. The van der Waals surface area contributed by atoms with Crippen LogP contribution in [0.15, 0.2) is 0 Å². The van der Waals surface area contributed by atoms with Crippen LogP contribution in [0.25, 0.3) is 0 Å². The van der Waals surface area contributed by atoms with Crippen molar-refractivity contribution in [3.8, 4) is 0 Å². The molecule has 0 aromatic heterocycles. The minimum absolute atomic E-state index is 0.0449. The van der Waals surface area contributed by atoms with Crippen LogP contribution in [0, 0.1) is 0 Å². The van der Waals surface area contributed by atoms with Crippen LogP contribution in [0.2, 0.25) is 0 Å². The number of rotatable bonds is 20. The van der Waals surface area contributed by atoms with Crippen molar-refractivity contribution in [2.45, 2.75) is 140 Å². The molecule has 5 nitrogen and oxygen atoms in total. The number of aliphatic hydroxyl groups is 1. The fourth-order valence-electron chi connectivity index (χ4n) is 4.59. The molecule has 0 bridgehead atoms. The zero-order valence-corrected chi connectivity index (χ0v) is 19.7. The highest BCUT2D eigenvalue weighted by molar-refractivity contribution is 4.84. The number of aliphatic hydroxyl groups excluding tert-OH is 1. The quantitative estimate of drug-likeness (QED) is 0.152. The molecule has 0 saturated carbocycles. The molecule has 30 heavy (non-hydrogen) atoms. The molecule has 0 aliphatic carbocycles. The Bertz CT molecular complexity index is 401. The van der Waals surface area contributed by atoms with Crippen molar-refractivity contribution in [3.63, 3.8) is 0 Å². The number of epoxide rings is 1. The molecule has 0 unspecified atom stereocenters. The van der Waals surface area contributed by atoms with Crippen LogP contribution >= 0.6 is 0 Å². The Morgan fingerprint density at radius 2 is 1.50 bits per heavy atom. The summed E-state index contributed by atoms with van der Waals surface area (Å²) in [6.07, 6.45) is 19.4. The molecule has 2 heterocycles. The number of hydrogen-bond acceptors (Lipinski definition) is 5. The van der Waals surface area contributed by atoms with Gasteiger partial charge in [0.25, 0.3) is 0 Å². The Morgan fingerprint density at radius 1 is 0.867 bits per heavy atom. The van der Waals surface area contributed by atoms with Crippen molar-refractivity contribution in [2.75, 3.05) is 20.5 Å². The Balaban J connectivity index is 1.56. The zero-order valence-electron chi connectivity index (χ0n) is 19.7. The maximum absolute atomic E-state index is 10.5. The van der Waals surface area contributed by atoms with Gasteiger partial charge >= 0.3 is 0 Å². The van der Waals surface area contributed by atoms with Gasteiger partial charge in [-0.1, -0.05) is 71.1 Å². The molecule has 2 rings (SSSR count). The van der Waals surface area contributed by atoms with Crippen LogP contribution in [0.1, 0.15) is 110 Å². The third kappa shape index (κ3) is 11.4. The van der Waals surface area contributed by atoms with E-state index in [1.165, 1.54) is 64.2 Å². The second kappa shape index (κ2) is 16.4. The van der Waals surface area contributed by atoms with E-state index in [4.69, 9.17) is 18.9 Å². The van der Waals surface area contributed by atoms with Crippen LogP contribution in [0.5, 0.6) is 0 Å². The lowest BCUT2D eigenvalue weighted by molar-refractivity contribution is -0.138. The van der Waals surface area contributed by atoms with Crippen molar-refractivity contribution in [1.29, 1.82) is 0 Å². The predicted molar refractivity (Wildman–Crippen MR) is 121 cm³/mol. The lowest BCUT2D eigenvalue weighted by Gasteiger charge is -2.25. The summed E-state index contributed by atoms with van der Waals surface area (Å²) in [5.41, 5.74) is 0. The lowest BCUT2D eigenvalue weighted by Crippen LogP contribution is -2.33. The van der Waals surface area contributed by atoms with Gasteiger partial charge in [0.2, 0.25) is 0 Å². The third-order valence-electron chi connectivity index (χ3n) is 6.60. The smallest absolute Gasteiger partial charge is 0.146 e. The molecular weight excluding hydrogens is 380 g/mol. The van der Waals surface area contributed by atoms with Gasteiger partial charge < -0.3 is 24.1 Å². The fourth-order valence-corrected chi connectivity index (χ4v) is 4.59. The van der Waals surface area contributed by atoms with E-state index in [-0.39, 0.29) is 24.4 Å². The van der Waals surface area contributed by atoms with Gasteiger partial charge in [0.05, 0.1) is 37.1 Å². The third-order valence-corrected chi connectivity index (χ3v) is 6.60. The van der Waals surface area contributed by atoms with Crippen molar-refractivity contribution in [2.24, 2.45) is 0 Å². The first kappa shape index (κ1) is 26.1. The highest BCUT2D eigenvalue weighted by atomic mass is 16.7. The number of methoxy groups -OCH3 is 1. The molecule has 0 aromatic carbocycles. The van der Waals surface area contributed by atoms with Gasteiger partial charge in [0, 0.05) is 7.11 Å². The second-order valence-electron chi connectivity index (χ2n) is 9.33. The number of unbranched alkanes of at least 4 members (excludes halogenated alkanes) is 9. The summed E-state index contributed by atoms with van der Waals surface area (Å²) in [4.78, 5) is 0. The van der Waals surface area contributed by atoms with Gasteiger partial charge in [0.15, 0.2) is 0 Å². The van der Waals surface area contributed by atoms with Crippen molar-refractivity contribution in [3.05, 3.63) is 0 Å². The average molecular weight is 429 g/mol. The van der Waals surface area contributed by atoms with E-state index >= 15 is 0 Å². The molecule has 0 aromatic rings. The zero-order chi connectivity index (χ0) is 21.4. The average Bonchev–Trinajstić information content (AvgIpc) is 3.44. The van der Waals surface area contributed by atoms with E-state index in [1.807, 2.05) is 0 Å². The van der Waals surface area contributed by atoms with E-state index in [0.717, 1.165) is 45.1 Å². The van der Waals surface area contributed by atoms with Gasteiger partial charge in [-0.25, -0.2) is 0 Å². The topological polar surface area (TPSA) is 60.5 Å². The summed E-state index contributed by atoms with van der Waals surface area (Å²) in [5.74, 6) is 0. The largest absolute Gasteiger partial charge is 0.390 e. The monoisotopic (exact) mass is 428 g/mol. The van der Waals surface area contributed by atoms with E-state index in [9.17, 15) is 5.11 Å². The van der Waals surface area contributed by atoms with E-state index in [0.29, 0.717) is 12.9 Å². The van der Waals surface area contributed by atoms with Crippen LogP contribution in [-0.4, -0.2) is 56.1 Å². The second-order valence-corrected chi connectivity index (χ2v) is 9.33. The molecule has 5 atom stereocenters. The number of hydrogen-bond donors (Lipinski definition) is 1. The molecule has 0 amide bonds. The number of ether oxygens (including phenoxy) is 4. The maximum Gasteiger partial charge on any atom is 0.146 e. The first-order chi connectivity index (χ1) is 14.7. The van der Waals surface area contributed by atoms with E-state index in [2.05, 4.69) is 6.92 Å².